The van der Waals surface area contributed by atoms with Crippen molar-refractivity contribution in [1.29, 1.82) is 5.41 Å². The lowest BCUT2D eigenvalue weighted by molar-refractivity contribution is 0.201. The molecule has 0 aromatic carbocycles. The molecular formula is C9H15N5O. The molecule has 0 bridgehead atoms. The molecule has 0 aliphatic heterocycles. The monoisotopic (exact) mass is 209 g/mol. The van der Waals surface area contributed by atoms with Crippen LogP contribution in [0.4, 0.5) is 5.82 Å². The van der Waals surface area contributed by atoms with Crippen LogP contribution >= 0.6 is 0 Å². The molecule has 0 aliphatic carbocycles. The summed E-state index contributed by atoms with van der Waals surface area (Å²) < 4.78 is 0. The third-order valence-corrected chi connectivity index (χ3v) is 1.83. The zero-order valence-corrected chi connectivity index (χ0v) is 8.81. The van der Waals surface area contributed by atoms with Gasteiger partial charge in [-0.05, 0) is 6.92 Å². The molecular weight excluding hydrogens is 194 g/mol. The SMILES string of the molecule is CC(O)CN(C)c1nccnc1C(=N)N. The Kier molecular flexibility index (Phi) is 3.56. The average Bonchev–Trinajstić information content (AvgIpc) is 2.16. The molecule has 1 unspecified atom stereocenters. The molecule has 0 aliphatic rings. The molecule has 0 spiro atoms. The van der Waals surface area contributed by atoms with E-state index in [1.165, 1.54) is 12.4 Å². The number of hydrogen-bond acceptors (Lipinski definition) is 5. The molecule has 1 heterocycles. The van der Waals surface area contributed by atoms with Crippen molar-refractivity contribution in [2.24, 2.45) is 5.73 Å². The number of nitrogens with one attached hydrogen (secondary N) is 1. The maximum absolute atomic E-state index is 9.24. The molecule has 0 radical (unpaired) electrons. The second kappa shape index (κ2) is 4.70. The van der Waals surface area contributed by atoms with Crippen molar-refractivity contribution in [3.63, 3.8) is 0 Å². The Labute approximate surface area is 88.3 Å². The van der Waals surface area contributed by atoms with Crippen molar-refractivity contribution >= 4 is 11.7 Å². The molecule has 1 aromatic heterocycles. The average molecular weight is 209 g/mol. The minimum absolute atomic E-state index is 0.129. The zero-order chi connectivity index (χ0) is 11.4. The normalized spacial score (nSPS) is 12.2. The highest BCUT2D eigenvalue weighted by Gasteiger charge is 2.13. The third-order valence-electron chi connectivity index (χ3n) is 1.83. The van der Waals surface area contributed by atoms with Crippen LogP contribution in [0.2, 0.25) is 0 Å². The van der Waals surface area contributed by atoms with Crippen LogP contribution in [-0.2, 0) is 0 Å². The largest absolute Gasteiger partial charge is 0.392 e. The van der Waals surface area contributed by atoms with Gasteiger partial charge in [-0.3, -0.25) is 5.41 Å². The minimum Gasteiger partial charge on any atom is -0.392 e. The van der Waals surface area contributed by atoms with Gasteiger partial charge in [0.15, 0.2) is 5.82 Å². The molecule has 0 saturated carbocycles. The highest BCUT2D eigenvalue weighted by atomic mass is 16.3. The fraction of sp³-hybridized carbons (Fsp3) is 0.444. The fourth-order valence-corrected chi connectivity index (χ4v) is 1.28. The first-order valence-corrected chi connectivity index (χ1v) is 4.57. The number of likely N-dealkylation sites (N-methyl/N-ethyl adjacent to an activating group) is 1. The highest BCUT2D eigenvalue weighted by Crippen LogP contribution is 2.12. The van der Waals surface area contributed by atoms with Gasteiger partial charge in [-0.2, -0.15) is 0 Å². The maximum atomic E-state index is 9.24. The Bertz CT molecular complexity index is 352. The van der Waals surface area contributed by atoms with E-state index < -0.39 is 6.10 Å². The van der Waals surface area contributed by atoms with Gasteiger partial charge in [0.1, 0.15) is 11.5 Å². The number of nitrogen functional groups attached to an aromatic ring is 1. The summed E-state index contributed by atoms with van der Waals surface area (Å²) in [6, 6.07) is 0. The van der Waals surface area contributed by atoms with Crippen LogP contribution in [0.3, 0.4) is 0 Å². The Morgan fingerprint density at radius 1 is 1.60 bits per heavy atom. The number of amidine groups is 1. The summed E-state index contributed by atoms with van der Waals surface area (Å²) in [5.41, 5.74) is 5.71. The van der Waals surface area contributed by atoms with Crippen LogP contribution < -0.4 is 10.6 Å². The lowest BCUT2D eigenvalue weighted by Crippen LogP contribution is -2.30. The Morgan fingerprint density at radius 3 is 2.73 bits per heavy atom. The van der Waals surface area contributed by atoms with E-state index in [-0.39, 0.29) is 5.84 Å². The van der Waals surface area contributed by atoms with Crippen molar-refractivity contribution in [3.05, 3.63) is 18.1 Å². The molecule has 82 valence electrons. The summed E-state index contributed by atoms with van der Waals surface area (Å²) >= 11 is 0. The topological polar surface area (TPSA) is 99.1 Å². The quantitative estimate of drug-likeness (QED) is 0.462. The van der Waals surface area contributed by atoms with Crippen LogP contribution in [0, 0.1) is 5.41 Å². The van der Waals surface area contributed by atoms with Gasteiger partial charge in [0.05, 0.1) is 6.10 Å². The van der Waals surface area contributed by atoms with Crippen LogP contribution in [0.5, 0.6) is 0 Å². The van der Waals surface area contributed by atoms with E-state index in [9.17, 15) is 5.11 Å². The first kappa shape index (κ1) is 11.4. The summed E-state index contributed by atoms with van der Waals surface area (Å²) in [7, 11) is 1.77. The van der Waals surface area contributed by atoms with Gasteiger partial charge in [0.25, 0.3) is 0 Å². The first-order valence-electron chi connectivity index (χ1n) is 4.57. The lowest BCUT2D eigenvalue weighted by Gasteiger charge is -2.21. The molecule has 1 aromatic rings. The van der Waals surface area contributed by atoms with Crippen molar-refractivity contribution in [2.75, 3.05) is 18.5 Å². The molecule has 6 heteroatoms. The van der Waals surface area contributed by atoms with Crippen molar-refractivity contribution < 1.29 is 5.11 Å². The van der Waals surface area contributed by atoms with Crippen LogP contribution in [0.15, 0.2) is 12.4 Å². The van der Waals surface area contributed by atoms with E-state index in [1.807, 2.05) is 0 Å². The molecule has 1 rings (SSSR count). The third kappa shape index (κ3) is 2.88. The number of aromatic nitrogens is 2. The lowest BCUT2D eigenvalue weighted by atomic mass is 10.3. The van der Waals surface area contributed by atoms with E-state index in [4.69, 9.17) is 11.1 Å². The standard InChI is InChI=1S/C9H15N5O/c1-6(15)5-14(2)9-7(8(10)11)12-3-4-13-9/h3-4,6,15H,5H2,1-2H3,(H3,10,11). The van der Waals surface area contributed by atoms with Gasteiger partial charge in [-0.15, -0.1) is 0 Å². The van der Waals surface area contributed by atoms with Crippen molar-refractivity contribution in [3.8, 4) is 0 Å². The maximum Gasteiger partial charge on any atom is 0.158 e. The van der Waals surface area contributed by atoms with E-state index in [1.54, 1.807) is 18.9 Å². The number of anilines is 1. The van der Waals surface area contributed by atoms with Gasteiger partial charge < -0.3 is 15.7 Å². The highest BCUT2D eigenvalue weighted by molar-refractivity contribution is 5.97. The predicted molar refractivity (Wildman–Crippen MR) is 58.0 cm³/mol. The van der Waals surface area contributed by atoms with Gasteiger partial charge in [0, 0.05) is 26.0 Å². The molecule has 0 fully saturated rings. The summed E-state index contributed by atoms with van der Waals surface area (Å²) in [4.78, 5) is 9.77. The summed E-state index contributed by atoms with van der Waals surface area (Å²) in [5.74, 6) is 0.376. The van der Waals surface area contributed by atoms with Crippen LogP contribution in [0.25, 0.3) is 0 Å². The zero-order valence-electron chi connectivity index (χ0n) is 8.81. The molecule has 6 nitrogen and oxygen atoms in total. The Balaban J connectivity index is 2.97. The minimum atomic E-state index is -0.475. The molecule has 4 N–H and O–H groups in total. The van der Waals surface area contributed by atoms with Gasteiger partial charge in [-0.1, -0.05) is 0 Å². The molecule has 15 heavy (non-hydrogen) atoms. The molecule has 1 atom stereocenters. The smallest absolute Gasteiger partial charge is 0.158 e. The number of aliphatic hydroxyl groups excluding tert-OH is 1. The van der Waals surface area contributed by atoms with E-state index >= 15 is 0 Å². The first-order chi connectivity index (χ1) is 7.02. The fourth-order valence-electron chi connectivity index (χ4n) is 1.28. The van der Waals surface area contributed by atoms with Crippen LogP contribution in [-0.4, -0.2) is 40.6 Å². The van der Waals surface area contributed by atoms with E-state index in [0.29, 0.717) is 18.1 Å². The van der Waals surface area contributed by atoms with Gasteiger partial charge in [-0.25, -0.2) is 9.97 Å². The number of rotatable bonds is 4. The van der Waals surface area contributed by atoms with Gasteiger partial charge >= 0.3 is 0 Å². The molecule has 0 amide bonds. The number of nitrogens with zero attached hydrogens (tertiary/aromatic N) is 3. The summed E-state index contributed by atoms with van der Waals surface area (Å²) in [6.45, 7) is 2.10. The van der Waals surface area contributed by atoms with Crippen molar-refractivity contribution in [2.45, 2.75) is 13.0 Å². The second-order valence-electron chi connectivity index (χ2n) is 3.37. The number of aliphatic hydroxyl groups is 1. The van der Waals surface area contributed by atoms with Crippen LogP contribution in [0.1, 0.15) is 12.6 Å². The van der Waals surface area contributed by atoms with Crippen molar-refractivity contribution in [1.82, 2.24) is 9.97 Å². The Hall–Kier alpha value is -1.69. The van der Waals surface area contributed by atoms with E-state index in [2.05, 4.69) is 9.97 Å². The number of nitrogens with two attached hydrogens (primary N) is 1. The predicted octanol–water partition coefficient (Wildman–Crippen LogP) is -0.422. The summed E-state index contributed by atoms with van der Waals surface area (Å²) in [6.07, 6.45) is 2.54. The molecule has 0 saturated heterocycles. The van der Waals surface area contributed by atoms with E-state index in [0.717, 1.165) is 0 Å². The second-order valence-corrected chi connectivity index (χ2v) is 3.37. The Morgan fingerprint density at radius 2 is 2.20 bits per heavy atom. The number of hydrogen-bond donors (Lipinski definition) is 3. The summed E-state index contributed by atoms with van der Waals surface area (Å²) in [5, 5.41) is 16.6. The van der Waals surface area contributed by atoms with Gasteiger partial charge in [0.2, 0.25) is 0 Å².